The van der Waals surface area contributed by atoms with Gasteiger partial charge in [-0.2, -0.15) is 0 Å². The van der Waals surface area contributed by atoms with Gasteiger partial charge in [0.05, 0.1) is 37.2 Å². The molecule has 2 atom stereocenters. The Morgan fingerprint density at radius 3 is 0.988 bits per heavy atom. The lowest BCUT2D eigenvalue weighted by atomic mass is 9.93. The minimum absolute atomic E-state index is 0.00249. The number of unbranched alkanes of at least 4 members (excludes halogenated alkanes) is 32. The number of nitrogens with zero attached hydrogens (tertiary/aromatic N) is 2. The molecule has 2 aliphatic heterocycles. The number of thiophene rings is 4. The number of fused-ring (bicyclic) bond motifs is 1. The standard InChI is InChI=1S/C72H111FN2O2S4/c1-7-11-15-19-23-27-29-33-37-41-44-58(43-39-35-31-25-21-17-13-9-3)54-74-68(62-49-47-56(5)78-62)66-67(72(74)77)69(63-52-51-61(80-63)65-53-60(73)70(81-65)64-50-48-57(6)79-64)75(71(66)76)55-59(45-40-36-32-26-22-18-14-10-4)46-42-38-34-30-28-24-20-16-12-8-2/h47-53,58-59H,7-46,54-55H2,1-6H3. The van der Waals surface area contributed by atoms with Gasteiger partial charge in [0.25, 0.3) is 11.8 Å². The highest BCUT2D eigenvalue weighted by Gasteiger charge is 2.50. The molecule has 81 heavy (non-hydrogen) atoms. The summed E-state index contributed by atoms with van der Waals surface area (Å²) < 4.78 is 15.9. The zero-order valence-corrected chi connectivity index (χ0v) is 55.4. The monoisotopic (exact) mass is 1180 g/mol. The zero-order chi connectivity index (χ0) is 57.4. The maximum Gasteiger partial charge on any atom is 0.261 e. The molecular weight excluding hydrogens is 1070 g/mol. The van der Waals surface area contributed by atoms with E-state index in [4.69, 9.17) is 0 Å². The van der Waals surface area contributed by atoms with E-state index in [2.05, 4.69) is 81.7 Å². The summed E-state index contributed by atoms with van der Waals surface area (Å²) in [6.07, 6.45) is 51.3. The van der Waals surface area contributed by atoms with Crippen molar-refractivity contribution in [1.82, 2.24) is 9.80 Å². The van der Waals surface area contributed by atoms with Gasteiger partial charge in [0.1, 0.15) is 5.82 Å². The molecule has 4 nitrogen and oxygen atoms in total. The van der Waals surface area contributed by atoms with Crippen LogP contribution in [0.15, 0.2) is 53.6 Å². The third-order valence-corrected chi connectivity index (χ3v) is 22.2. The lowest BCUT2D eigenvalue weighted by Crippen LogP contribution is -2.34. The number of rotatable bonds is 48. The fraction of sp³-hybridized carbons (Fsp3) is 0.694. The first-order chi connectivity index (χ1) is 39.7. The van der Waals surface area contributed by atoms with Crippen LogP contribution in [-0.4, -0.2) is 34.7 Å². The largest absolute Gasteiger partial charge is 0.306 e. The molecule has 6 heterocycles. The second-order valence-corrected chi connectivity index (χ2v) is 29.5. The van der Waals surface area contributed by atoms with Gasteiger partial charge in [-0.1, -0.05) is 259 Å². The molecule has 0 saturated heterocycles. The topological polar surface area (TPSA) is 40.6 Å². The highest BCUT2D eigenvalue weighted by molar-refractivity contribution is 7.26. The van der Waals surface area contributed by atoms with Gasteiger partial charge in [-0.3, -0.25) is 9.59 Å². The Labute approximate surface area is 510 Å². The molecule has 0 aliphatic carbocycles. The first-order valence-corrected chi connectivity index (χ1v) is 37.1. The summed E-state index contributed by atoms with van der Waals surface area (Å²) in [7, 11) is 0. The van der Waals surface area contributed by atoms with E-state index in [1.807, 2.05) is 6.07 Å². The molecule has 4 aromatic heterocycles. The van der Waals surface area contributed by atoms with Crippen LogP contribution < -0.4 is 0 Å². The molecule has 9 heteroatoms. The molecule has 0 radical (unpaired) electrons. The fourth-order valence-corrected chi connectivity index (χ4v) is 16.9. The molecule has 0 saturated carbocycles. The summed E-state index contributed by atoms with van der Waals surface area (Å²) in [5.41, 5.74) is 2.88. The van der Waals surface area contributed by atoms with Crippen LogP contribution in [0.3, 0.4) is 0 Å². The molecule has 0 fully saturated rings. The molecule has 6 rings (SSSR count). The molecule has 2 amide bonds. The number of carbonyl (C=O) groups is 2. The Morgan fingerprint density at radius 1 is 0.358 bits per heavy atom. The van der Waals surface area contributed by atoms with Crippen molar-refractivity contribution in [3.05, 3.63) is 78.9 Å². The summed E-state index contributed by atoms with van der Waals surface area (Å²) in [5.74, 6) is 0.528. The summed E-state index contributed by atoms with van der Waals surface area (Å²) >= 11 is 6.48. The van der Waals surface area contributed by atoms with Crippen LogP contribution in [0.25, 0.3) is 30.9 Å². The molecular formula is C72H111FN2O2S4. The second kappa shape index (κ2) is 39.0. The van der Waals surface area contributed by atoms with E-state index < -0.39 is 0 Å². The first-order valence-electron chi connectivity index (χ1n) is 33.8. The number of amides is 2. The van der Waals surface area contributed by atoms with Crippen molar-refractivity contribution in [2.45, 2.75) is 298 Å². The summed E-state index contributed by atoms with van der Waals surface area (Å²) in [4.78, 5) is 43.8. The Balaban J connectivity index is 1.31. The van der Waals surface area contributed by atoms with E-state index in [1.165, 1.54) is 252 Å². The van der Waals surface area contributed by atoms with Gasteiger partial charge in [-0.25, -0.2) is 4.39 Å². The van der Waals surface area contributed by atoms with Crippen LogP contribution in [-0.2, 0) is 9.59 Å². The zero-order valence-electron chi connectivity index (χ0n) is 52.1. The fourth-order valence-electron chi connectivity index (χ4n) is 12.8. The van der Waals surface area contributed by atoms with Crippen molar-refractivity contribution < 1.29 is 14.0 Å². The Hall–Kier alpha value is -2.85. The third kappa shape index (κ3) is 22.2. The molecule has 2 aliphatic rings. The number of aryl methyl sites for hydroxylation is 2. The summed E-state index contributed by atoms with van der Waals surface area (Å²) in [5, 5.41) is 0. The maximum atomic E-state index is 15.9. The maximum absolute atomic E-state index is 15.9. The Bertz CT molecular complexity index is 2450. The van der Waals surface area contributed by atoms with Gasteiger partial charge < -0.3 is 9.80 Å². The normalized spacial score (nSPS) is 14.5. The van der Waals surface area contributed by atoms with Crippen LogP contribution in [0.4, 0.5) is 4.39 Å². The van der Waals surface area contributed by atoms with Crippen LogP contribution >= 0.6 is 45.3 Å². The second-order valence-electron chi connectivity index (χ2n) is 24.8. The van der Waals surface area contributed by atoms with Crippen molar-refractivity contribution in [2.75, 3.05) is 13.1 Å². The lowest BCUT2D eigenvalue weighted by molar-refractivity contribution is -0.124. The predicted molar refractivity (Wildman–Crippen MR) is 356 cm³/mol. The molecule has 0 N–H and O–H groups in total. The SMILES string of the molecule is CCCCCCCCCCCCC(CCCCCCCCCC)CN1C(=O)C2=C(c3ccc(-c4cc(F)c(-c5ccc(C)s5)s4)s3)N(CC(CCCCCCCCCC)CCCCCCCCCCCC)C(=O)C2=C1c1ccc(C)s1. The van der Waals surface area contributed by atoms with Crippen LogP contribution in [0.5, 0.6) is 0 Å². The van der Waals surface area contributed by atoms with Crippen molar-refractivity contribution in [1.29, 1.82) is 0 Å². The highest BCUT2D eigenvalue weighted by Crippen LogP contribution is 2.51. The van der Waals surface area contributed by atoms with E-state index in [0.29, 0.717) is 40.9 Å². The Morgan fingerprint density at radius 2 is 0.654 bits per heavy atom. The van der Waals surface area contributed by atoms with Crippen LogP contribution in [0.2, 0.25) is 0 Å². The number of hydrogen-bond donors (Lipinski definition) is 0. The van der Waals surface area contributed by atoms with Crippen molar-refractivity contribution >= 4 is 68.6 Å². The molecule has 0 aromatic carbocycles. The van der Waals surface area contributed by atoms with E-state index in [1.54, 1.807) is 40.1 Å². The van der Waals surface area contributed by atoms with Crippen molar-refractivity contribution in [2.24, 2.45) is 11.8 Å². The van der Waals surface area contributed by atoms with Crippen molar-refractivity contribution in [3.8, 4) is 19.5 Å². The molecule has 452 valence electrons. The Kier molecular flexibility index (Phi) is 32.4. The van der Waals surface area contributed by atoms with Gasteiger partial charge in [-0.15, -0.1) is 45.3 Å². The minimum Gasteiger partial charge on any atom is -0.306 e. The third-order valence-electron chi connectivity index (χ3n) is 17.6. The lowest BCUT2D eigenvalue weighted by Gasteiger charge is -2.29. The van der Waals surface area contributed by atoms with Crippen LogP contribution in [0, 0.1) is 31.5 Å². The highest BCUT2D eigenvalue weighted by atomic mass is 32.1. The van der Waals surface area contributed by atoms with Gasteiger partial charge in [0.15, 0.2) is 0 Å². The average molecular weight is 1180 g/mol. The molecule has 0 spiro atoms. The first kappa shape index (κ1) is 67.3. The van der Waals surface area contributed by atoms with Gasteiger partial charge in [0, 0.05) is 37.5 Å². The van der Waals surface area contributed by atoms with E-state index in [0.717, 1.165) is 61.5 Å². The quantitative estimate of drug-likeness (QED) is 0.0414. The van der Waals surface area contributed by atoms with E-state index in [9.17, 15) is 0 Å². The van der Waals surface area contributed by atoms with Gasteiger partial charge >= 0.3 is 0 Å². The summed E-state index contributed by atoms with van der Waals surface area (Å²) in [6.45, 7) is 14.7. The molecule has 2 unspecified atom stereocenters. The predicted octanol–water partition coefficient (Wildman–Crippen LogP) is 24.7. The summed E-state index contributed by atoms with van der Waals surface area (Å²) in [6, 6.07) is 14.4. The van der Waals surface area contributed by atoms with Crippen molar-refractivity contribution in [3.63, 3.8) is 0 Å². The number of carbonyl (C=O) groups excluding carboxylic acids is 2. The van der Waals surface area contributed by atoms with E-state index >= 15 is 14.0 Å². The molecule has 0 bridgehead atoms. The molecule has 4 aromatic rings. The minimum atomic E-state index is -0.190. The van der Waals surface area contributed by atoms with E-state index in [-0.39, 0.29) is 17.6 Å². The van der Waals surface area contributed by atoms with Gasteiger partial charge in [0.2, 0.25) is 0 Å². The number of hydrogen-bond acceptors (Lipinski definition) is 6. The number of halogens is 1. The smallest absolute Gasteiger partial charge is 0.261 e. The average Bonchev–Trinajstić information content (AvgIpc) is 3.30. The van der Waals surface area contributed by atoms with Crippen LogP contribution in [0.1, 0.15) is 304 Å². The van der Waals surface area contributed by atoms with Gasteiger partial charge in [-0.05, 0) is 93.8 Å².